The summed E-state index contributed by atoms with van der Waals surface area (Å²) in [6.07, 6.45) is 0. The number of nitro groups is 1. The van der Waals surface area contributed by atoms with Crippen molar-refractivity contribution in [2.75, 3.05) is 10.0 Å². The lowest BCUT2D eigenvalue weighted by Gasteiger charge is -2.11. The van der Waals surface area contributed by atoms with Crippen LogP contribution in [0.1, 0.15) is 21.5 Å². The molecule has 0 aliphatic carbocycles. The van der Waals surface area contributed by atoms with Crippen molar-refractivity contribution in [1.29, 1.82) is 0 Å². The van der Waals surface area contributed by atoms with Gasteiger partial charge in [-0.1, -0.05) is 24.3 Å². The van der Waals surface area contributed by atoms with Gasteiger partial charge in [-0.15, -0.1) is 0 Å². The predicted octanol–water partition coefficient (Wildman–Crippen LogP) is 4.26. The highest BCUT2D eigenvalue weighted by atomic mass is 32.2. The third kappa shape index (κ3) is 4.47. The predicted molar refractivity (Wildman–Crippen MR) is 114 cm³/mol. The smallest absolute Gasteiger partial charge is 0.274 e. The first-order chi connectivity index (χ1) is 14.2. The van der Waals surface area contributed by atoms with Gasteiger partial charge in [-0.2, -0.15) is 0 Å². The highest BCUT2D eigenvalue weighted by Gasteiger charge is 2.18. The summed E-state index contributed by atoms with van der Waals surface area (Å²) in [6.45, 7) is 3.34. The maximum atomic E-state index is 12.6. The fourth-order valence-electron chi connectivity index (χ4n) is 2.83. The van der Waals surface area contributed by atoms with E-state index in [1.54, 1.807) is 38.1 Å². The Labute approximate surface area is 173 Å². The molecule has 0 radical (unpaired) electrons. The van der Waals surface area contributed by atoms with Gasteiger partial charge in [0.2, 0.25) is 0 Å². The number of aryl methyl sites for hydroxylation is 1. The molecule has 154 valence electrons. The van der Waals surface area contributed by atoms with Crippen molar-refractivity contribution in [1.82, 2.24) is 0 Å². The third-order valence-electron chi connectivity index (χ3n) is 4.57. The minimum absolute atomic E-state index is 0.00818. The van der Waals surface area contributed by atoms with Gasteiger partial charge in [-0.05, 0) is 55.8 Å². The van der Waals surface area contributed by atoms with Crippen LogP contribution < -0.4 is 10.0 Å². The SMILES string of the molecule is Cc1ccccc1NS(=O)(=O)c1ccc(C(=O)Nc2cccc([N+](=O)[O-])c2C)cc1. The van der Waals surface area contributed by atoms with Crippen LogP contribution in [0.3, 0.4) is 0 Å². The Hall–Kier alpha value is -3.72. The van der Waals surface area contributed by atoms with Gasteiger partial charge in [0.25, 0.3) is 21.6 Å². The first kappa shape index (κ1) is 21.0. The average Bonchev–Trinajstić information content (AvgIpc) is 2.71. The van der Waals surface area contributed by atoms with Crippen molar-refractivity contribution in [3.8, 4) is 0 Å². The largest absolute Gasteiger partial charge is 0.321 e. The van der Waals surface area contributed by atoms with Crippen molar-refractivity contribution in [3.05, 3.63) is 93.5 Å². The van der Waals surface area contributed by atoms with E-state index >= 15 is 0 Å². The average molecular weight is 425 g/mol. The van der Waals surface area contributed by atoms with Crippen LogP contribution in [0.2, 0.25) is 0 Å². The Balaban J connectivity index is 1.79. The summed E-state index contributed by atoms with van der Waals surface area (Å²) in [4.78, 5) is 23.0. The number of hydrogen-bond acceptors (Lipinski definition) is 5. The van der Waals surface area contributed by atoms with Crippen LogP contribution in [-0.2, 0) is 10.0 Å². The van der Waals surface area contributed by atoms with Gasteiger partial charge in [-0.25, -0.2) is 8.42 Å². The molecule has 0 heterocycles. The molecule has 0 atom stereocenters. The second-order valence-electron chi connectivity index (χ2n) is 6.61. The van der Waals surface area contributed by atoms with Crippen molar-refractivity contribution < 1.29 is 18.1 Å². The zero-order valence-electron chi connectivity index (χ0n) is 16.2. The fourth-order valence-corrected chi connectivity index (χ4v) is 3.96. The number of hydrogen-bond donors (Lipinski definition) is 2. The highest BCUT2D eigenvalue weighted by molar-refractivity contribution is 7.92. The van der Waals surface area contributed by atoms with Crippen molar-refractivity contribution in [2.24, 2.45) is 0 Å². The molecule has 3 rings (SSSR count). The Morgan fingerprint density at radius 2 is 1.53 bits per heavy atom. The van der Waals surface area contributed by atoms with Gasteiger partial charge in [0.05, 0.1) is 26.8 Å². The number of nitrogens with zero attached hydrogens (tertiary/aromatic N) is 1. The molecule has 3 aromatic rings. The summed E-state index contributed by atoms with van der Waals surface area (Å²) < 4.78 is 27.7. The molecule has 0 saturated heterocycles. The summed E-state index contributed by atoms with van der Waals surface area (Å²) in [7, 11) is -3.82. The summed E-state index contributed by atoms with van der Waals surface area (Å²) in [5, 5.41) is 13.7. The van der Waals surface area contributed by atoms with E-state index in [9.17, 15) is 23.3 Å². The number of benzene rings is 3. The number of para-hydroxylation sites is 1. The van der Waals surface area contributed by atoms with Crippen LogP contribution in [0.15, 0.2) is 71.6 Å². The molecule has 0 fully saturated rings. The normalized spacial score (nSPS) is 11.0. The number of carbonyl (C=O) groups is 1. The van der Waals surface area contributed by atoms with Gasteiger partial charge < -0.3 is 5.32 Å². The molecule has 0 bridgehead atoms. The number of rotatable bonds is 6. The second kappa shape index (κ2) is 8.34. The molecular formula is C21H19N3O5S. The lowest BCUT2D eigenvalue weighted by molar-refractivity contribution is -0.385. The number of sulfonamides is 1. The zero-order valence-corrected chi connectivity index (χ0v) is 17.1. The molecule has 2 N–H and O–H groups in total. The van der Waals surface area contributed by atoms with E-state index in [1.165, 1.54) is 36.4 Å². The van der Waals surface area contributed by atoms with Crippen LogP contribution in [-0.4, -0.2) is 19.2 Å². The molecule has 0 aromatic heterocycles. The minimum Gasteiger partial charge on any atom is -0.321 e. The van der Waals surface area contributed by atoms with E-state index in [-0.39, 0.29) is 16.1 Å². The van der Waals surface area contributed by atoms with Crippen molar-refractivity contribution >= 4 is 33.0 Å². The zero-order chi connectivity index (χ0) is 21.9. The Kier molecular flexibility index (Phi) is 5.84. The molecule has 1 amide bonds. The van der Waals surface area contributed by atoms with Gasteiger partial charge in [0, 0.05) is 11.6 Å². The van der Waals surface area contributed by atoms with Gasteiger partial charge in [-0.3, -0.25) is 19.6 Å². The van der Waals surface area contributed by atoms with E-state index < -0.39 is 20.9 Å². The lowest BCUT2D eigenvalue weighted by Crippen LogP contribution is -2.15. The Morgan fingerprint density at radius 3 is 2.17 bits per heavy atom. The number of carbonyl (C=O) groups excluding carboxylic acids is 1. The first-order valence-electron chi connectivity index (χ1n) is 8.93. The van der Waals surface area contributed by atoms with E-state index in [2.05, 4.69) is 10.0 Å². The molecule has 0 aliphatic rings. The topological polar surface area (TPSA) is 118 Å². The monoisotopic (exact) mass is 425 g/mol. The van der Waals surface area contributed by atoms with Crippen LogP contribution in [0, 0.1) is 24.0 Å². The number of anilines is 2. The van der Waals surface area contributed by atoms with E-state index in [0.717, 1.165) is 5.56 Å². The molecular weight excluding hydrogens is 406 g/mol. The quantitative estimate of drug-likeness (QED) is 0.452. The maximum absolute atomic E-state index is 12.6. The van der Waals surface area contributed by atoms with Gasteiger partial charge in [0.15, 0.2) is 0 Å². The van der Waals surface area contributed by atoms with E-state index in [4.69, 9.17) is 0 Å². The van der Waals surface area contributed by atoms with Crippen LogP contribution >= 0.6 is 0 Å². The molecule has 0 aliphatic heterocycles. The molecule has 30 heavy (non-hydrogen) atoms. The molecule has 0 unspecified atom stereocenters. The standard InChI is InChI=1S/C21H19N3O5S/c1-14-6-3-4-7-18(14)23-30(28,29)17-12-10-16(11-13-17)21(25)22-19-8-5-9-20(15(19)2)24(26)27/h3-13,23H,1-2H3,(H,22,25). The minimum atomic E-state index is -3.82. The molecule has 3 aromatic carbocycles. The molecule has 9 heteroatoms. The van der Waals surface area contributed by atoms with E-state index in [0.29, 0.717) is 16.9 Å². The Bertz CT molecular complexity index is 1220. The van der Waals surface area contributed by atoms with Crippen LogP contribution in [0.25, 0.3) is 0 Å². The molecule has 8 nitrogen and oxygen atoms in total. The van der Waals surface area contributed by atoms with Crippen molar-refractivity contribution in [3.63, 3.8) is 0 Å². The second-order valence-corrected chi connectivity index (χ2v) is 8.29. The lowest BCUT2D eigenvalue weighted by atomic mass is 10.1. The fraction of sp³-hybridized carbons (Fsp3) is 0.0952. The number of amides is 1. The van der Waals surface area contributed by atoms with Gasteiger partial charge >= 0.3 is 0 Å². The highest BCUT2D eigenvalue weighted by Crippen LogP contribution is 2.26. The maximum Gasteiger partial charge on any atom is 0.274 e. The number of nitrogens with one attached hydrogen (secondary N) is 2. The van der Waals surface area contributed by atoms with Crippen LogP contribution in [0.4, 0.5) is 17.1 Å². The van der Waals surface area contributed by atoms with Gasteiger partial charge in [0.1, 0.15) is 0 Å². The summed E-state index contributed by atoms with van der Waals surface area (Å²) >= 11 is 0. The Morgan fingerprint density at radius 1 is 0.900 bits per heavy atom. The van der Waals surface area contributed by atoms with E-state index in [1.807, 2.05) is 6.07 Å². The van der Waals surface area contributed by atoms with Crippen LogP contribution in [0.5, 0.6) is 0 Å². The first-order valence-corrected chi connectivity index (χ1v) is 10.4. The number of nitro benzene ring substituents is 1. The van der Waals surface area contributed by atoms with Crippen molar-refractivity contribution in [2.45, 2.75) is 18.7 Å². The molecule has 0 spiro atoms. The third-order valence-corrected chi connectivity index (χ3v) is 5.95. The summed E-state index contributed by atoms with van der Waals surface area (Å²) in [5.74, 6) is -0.505. The molecule has 0 saturated carbocycles. The summed E-state index contributed by atoms with van der Waals surface area (Å²) in [6, 6.07) is 16.8. The summed E-state index contributed by atoms with van der Waals surface area (Å²) in [5.41, 5.74) is 2.02.